The Hall–Kier alpha value is -2.21. The summed E-state index contributed by atoms with van der Waals surface area (Å²) in [7, 11) is 0. The first-order valence-corrected chi connectivity index (χ1v) is 11.6. The fraction of sp³-hybridized carbons (Fsp3) is 0.409. The molecule has 0 aliphatic rings. The molecule has 1 heterocycles. The van der Waals surface area contributed by atoms with Gasteiger partial charge in [0.25, 0.3) is 0 Å². The van der Waals surface area contributed by atoms with Crippen LogP contribution in [0, 0.1) is 0 Å². The van der Waals surface area contributed by atoms with Crippen LogP contribution in [0.3, 0.4) is 0 Å². The molecule has 0 amide bonds. The van der Waals surface area contributed by atoms with E-state index in [2.05, 4.69) is 45.4 Å². The van der Waals surface area contributed by atoms with E-state index in [1.165, 1.54) is 5.39 Å². The fourth-order valence-corrected chi connectivity index (χ4v) is 4.68. The zero-order valence-corrected chi connectivity index (χ0v) is 18.9. The summed E-state index contributed by atoms with van der Waals surface area (Å²) in [6.07, 6.45) is 3.05. The zero-order chi connectivity index (χ0) is 20.9. The molecule has 2 N–H and O–H groups in total. The molecule has 0 atom stereocenters. The number of unbranched alkanes of at least 4 members (excludes halogenated alkanes) is 2. The van der Waals surface area contributed by atoms with Gasteiger partial charge in [-0.2, -0.15) is 0 Å². The van der Waals surface area contributed by atoms with Crippen molar-refractivity contribution in [2.45, 2.75) is 45.6 Å². The van der Waals surface area contributed by atoms with E-state index >= 15 is 0 Å². The Kier molecular flexibility index (Phi) is 7.06. The number of aromatic nitrogens is 2. The molecule has 3 rings (SSSR count). The van der Waals surface area contributed by atoms with Gasteiger partial charge >= 0.3 is 178 Å². The van der Waals surface area contributed by atoms with E-state index in [-0.39, 0.29) is 20.5 Å². The van der Waals surface area contributed by atoms with Crippen LogP contribution < -0.4 is 10.6 Å². The molecular formula is C22H28N4O2Se. The topological polar surface area (TPSA) is 81.3 Å². The summed E-state index contributed by atoms with van der Waals surface area (Å²) in [5, 5.41) is 10.9. The number of ether oxygens (including phenoxy) is 1. The third-order valence-electron chi connectivity index (χ3n) is 4.36. The van der Waals surface area contributed by atoms with Gasteiger partial charge in [0, 0.05) is 0 Å². The number of nitrogens with two attached hydrogens (primary N) is 1. The van der Waals surface area contributed by atoms with E-state index in [9.17, 15) is 4.79 Å². The van der Waals surface area contributed by atoms with Crippen molar-refractivity contribution in [3.63, 3.8) is 0 Å². The van der Waals surface area contributed by atoms with Crippen LogP contribution >= 0.6 is 0 Å². The number of benzene rings is 2. The molecule has 0 saturated heterocycles. The van der Waals surface area contributed by atoms with Crippen molar-refractivity contribution in [1.29, 1.82) is 0 Å². The maximum atomic E-state index is 12.4. The van der Waals surface area contributed by atoms with Crippen LogP contribution in [0.4, 0.5) is 10.4 Å². The summed E-state index contributed by atoms with van der Waals surface area (Å²) in [5.41, 5.74) is 6.20. The minimum absolute atomic E-state index is 0.298. The number of hydrogen-bond acceptors (Lipinski definition) is 6. The fourth-order valence-electron chi connectivity index (χ4n) is 3.08. The van der Waals surface area contributed by atoms with Crippen LogP contribution in [0.15, 0.2) is 42.5 Å². The van der Waals surface area contributed by atoms with Crippen LogP contribution in [0.2, 0.25) is 0 Å². The van der Waals surface area contributed by atoms with Crippen molar-refractivity contribution in [2.75, 3.05) is 18.0 Å². The third kappa shape index (κ3) is 5.66. The summed E-state index contributed by atoms with van der Waals surface area (Å²) in [6.45, 7) is 7.08. The van der Waals surface area contributed by atoms with Crippen LogP contribution in [-0.2, 0) is 4.74 Å². The molecule has 0 aliphatic carbocycles. The first-order chi connectivity index (χ1) is 13.9. The first-order valence-electron chi connectivity index (χ1n) is 9.91. The molecule has 0 saturated carbocycles. The Morgan fingerprint density at radius 1 is 1.07 bits per heavy atom. The van der Waals surface area contributed by atoms with E-state index in [0.29, 0.717) is 11.1 Å². The minimum atomic E-state index is -0.546. The number of anilines is 2. The molecule has 0 unspecified atom stereocenters. The van der Waals surface area contributed by atoms with Crippen LogP contribution in [0.25, 0.3) is 10.8 Å². The molecule has 0 fully saturated rings. The van der Waals surface area contributed by atoms with Gasteiger partial charge in [-0.3, -0.25) is 0 Å². The second-order valence-corrected chi connectivity index (χ2v) is 9.90. The molecule has 3 aromatic rings. The van der Waals surface area contributed by atoms with Gasteiger partial charge in [0.1, 0.15) is 0 Å². The van der Waals surface area contributed by atoms with Gasteiger partial charge in [-0.05, 0) is 0 Å². The molecule has 2 aromatic carbocycles. The monoisotopic (exact) mass is 460 g/mol. The standard InChI is InChI=1S/C22H28N4O2Se/c1-22(2,3)28-20(27)19-24-25-21(29-19)26(15-8-4-7-14-23)18-13-9-11-16-10-5-6-12-17(16)18/h5-6,9-13H,4,7-8,14-15,23H2,1-3H3. The van der Waals surface area contributed by atoms with Gasteiger partial charge in [-0.1, -0.05) is 0 Å². The number of rotatable bonds is 8. The second-order valence-electron chi connectivity index (χ2n) is 7.89. The molecule has 6 nitrogen and oxygen atoms in total. The first kappa shape index (κ1) is 21.5. The third-order valence-corrected chi connectivity index (χ3v) is 6.31. The summed E-state index contributed by atoms with van der Waals surface area (Å²) in [4.78, 5) is 14.6. The zero-order valence-electron chi connectivity index (χ0n) is 17.2. The van der Waals surface area contributed by atoms with Gasteiger partial charge in [0.2, 0.25) is 0 Å². The second kappa shape index (κ2) is 9.53. The van der Waals surface area contributed by atoms with Crippen LogP contribution in [-0.4, -0.2) is 49.4 Å². The predicted octanol–water partition coefficient (Wildman–Crippen LogP) is 3.91. The van der Waals surface area contributed by atoms with Crippen molar-refractivity contribution in [1.82, 2.24) is 10.2 Å². The Morgan fingerprint density at radius 3 is 2.59 bits per heavy atom. The van der Waals surface area contributed by atoms with Gasteiger partial charge in [0.15, 0.2) is 0 Å². The number of fused-ring (bicyclic) bond motifs is 1. The van der Waals surface area contributed by atoms with Crippen molar-refractivity contribution in [3.05, 3.63) is 47.0 Å². The van der Waals surface area contributed by atoms with Crippen molar-refractivity contribution in [3.8, 4) is 0 Å². The van der Waals surface area contributed by atoms with Crippen LogP contribution in [0.1, 0.15) is 49.4 Å². The maximum absolute atomic E-state index is 12.4. The van der Waals surface area contributed by atoms with E-state index in [0.717, 1.165) is 41.6 Å². The van der Waals surface area contributed by atoms with Crippen molar-refractivity contribution >= 4 is 41.6 Å². The molecular weight excluding hydrogens is 431 g/mol. The summed E-state index contributed by atoms with van der Waals surface area (Å²) < 4.78 is 6.73. The van der Waals surface area contributed by atoms with Crippen molar-refractivity contribution < 1.29 is 9.53 Å². The number of carbonyl (C=O) groups is 1. The normalized spacial score (nSPS) is 11.6. The molecule has 0 aliphatic heterocycles. The molecule has 154 valence electrons. The number of hydrogen-bond donors (Lipinski definition) is 1. The number of carbonyl (C=O) groups excluding carboxylic acids is 1. The van der Waals surface area contributed by atoms with Gasteiger partial charge in [-0.15, -0.1) is 0 Å². The molecule has 1 aromatic heterocycles. The van der Waals surface area contributed by atoms with Gasteiger partial charge < -0.3 is 0 Å². The molecule has 0 radical (unpaired) electrons. The van der Waals surface area contributed by atoms with E-state index in [4.69, 9.17) is 10.5 Å². The molecule has 29 heavy (non-hydrogen) atoms. The summed E-state index contributed by atoms with van der Waals surface area (Å²) >= 11 is -0.298. The Labute approximate surface area is 177 Å². The predicted molar refractivity (Wildman–Crippen MR) is 118 cm³/mol. The Morgan fingerprint density at radius 2 is 1.83 bits per heavy atom. The average molecular weight is 459 g/mol. The molecule has 7 heteroatoms. The quantitative estimate of drug-likeness (QED) is 0.313. The van der Waals surface area contributed by atoms with E-state index in [1.54, 1.807) is 0 Å². The number of nitrogens with zero attached hydrogens (tertiary/aromatic N) is 3. The Bertz CT molecular complexity index is 959. The van der Waals surface area contributed by atoms with Crippen LogP contribution in [0.5, 0.6) is 0 Å². The summed E-state index contributed by atoms with van der Waals surface area (Å²) in [6, 6.07) is 14.6. The average Bonchev–Trinajstić information content (AvgIpc) is 3.17. The SMILES string of the molecule is CC(C)(C)OC(=O)c1nnc(N(CCCCCN)c2cccc3ccccc23)[se]1. The molecule has 0 spiro atoms. The van der Waals surface area contributed by atoms with Crippen molar-refractivity contribution in [2.24, 2.45) is 5.73 Å². The van der Waals surface area contributed by atoms with E-state index in [1.807, 2.05) is 32.9 Å². The molecule has 0 bridgehead atoms. The van der Waals surface area contributed by atoms with Gasteiger partial charge in [-0.25, -0.2) is 0 Å². The van der Waals surface area contributed by atoms with Gasteiger partial charge in [0.05, 0.1) is 0 Å². The Balaban J connectivity index is 1.93. The summed E-state index contributed by atoms with van der Waals surface area (Å²) in [5.74, 6) is -0.378. The van der Waals surface area contributed by atoms with E-state index < -0.39 is 5.60 Å². The number of esters is 1.